The third kappa shape index (κ3) is 5.87. The maximum Gasteiger partial charge on any atom is 0.458 e. The molecule has 2 fully saturated rings. The lowest BCUT2D eigenvalue weighted by atomic mass is 9.79. The predicted molar refractivity (Wildman–Crippen MR) is 115 cm³/mol. The summed E-state index contributed by atoms with van der Waals surface area (Å²) in [5, 5.41) is -0.592. The monoisotopic (exact) mass is 484 g/mol. The van der Waals surface area contributed by atoms with E-state index in [4.69, 9.17) is 9.47 Å². The molecule has 184 valence electrons. The van der Waals surface area contributed by atoms with Crippen molar-refractivity contribution in [2.24, 2.45) is 17.8 Å². The average Bonchev–Trinajstić information content (AvgIpc) is 2.77. The van der Waals surface area contributed by atoms with Crippen LogP contribution in [0.1, 0.15) is 50.2 Å². The molecule has 0 N–H and O–H groups in total. The molecule has 1 saturated heterocycles. The van der Waals surface area contributed by atoms with Gasteiger partial charge in [0.15, 0.2) is 12.1 Å². The molecule has 1 heterocycles. The Labute approximate surface area is 194 Å². The molecule has 2 aliphatic rings. The molecule has 0 unspecified atom stereocenters. The van der Waals surface area contributed by atoms with Gasteiger partial charge < -0.3 is 9.47 Å². The Morgan fingerprint density at radius 1 is 0.941 bits per heavy atom. The van der Waals surface area contributed by atoms with Crippen LogP contribution in [0.5, 0.6) is 0 Å². The van der Waals surface area contributed by atoms with Gasteiger partial charge >= 0.3 is 6.18 Å². The maximum atomic E-state index is 14.7. The van der Waals surface area contributed by atoms with E-state index in [2.05, 4.69) is 6.92 Å². The summed E-state index contributed by atoms with van der Waals surface area (Å²) in [5.41, 5.74) is -0.499. The molecule has 0 aromatic heterocycles. The van der Waals surface area contributed by atoms with Gasteiger partial charge in [0.1, 0.15) is 11.6 Å². The van der Waals surface area contributed by atoms with Gasteiger partial charge in [-0.1, -0.05) is 18.9 Å². The summed E-state index contributed by atoms with van der Waals surface area (Å²) in [5.74, 6) is -0.0993. The third-order valence-electron chi connectivity index (χ3n) is 6.68. The van der Waals surface area contributed by atoms with Crippen LogP contribution in [0.4, 0.5) is 26.3 Å². The highest BCUT2D eigenvalue weighted by Crippen LogP contribution is 2.36. The molecule has 8 heteroatoms. The zero-order valence-corrected chi connectivity index (χ0v) is 18.8. The van der Waals surface area contributed by atoms with Gasteiger partial charge in [-0.25, -0.2) is 13.2 Å². The van der Waals surface area contributed by atoms with E-state index in [1.54, 1.807) is 0 Å². The van der Waals surface area contributed by atoms with Gasteiger partial charge in [-0.3, -0.25) is 0 Å². The normalized spacial score (nSPS) is 25.7. The number of fused-ring (bicyclic) bond motifs is 1. The number of ether oxygens (including phenoxy) is 2. The Kier molecular flexibility index (Phi) is 7.44. The molecule has 0 spiro atoms. The maximum absolute atomic E-state index is 14.7. The first-order valence-corrected chi connectivity index (χ1v) is 11.5. The van der Waals surface area contributed by atoms with Gasteiger partial charge in [-0.15, -0.1) is 0 Å². The molecule has 0 amide bonds. The van der Waals surface area contributed by atoms with E-state index in [1.807, 2.05) is 0 Å². The minimum absolute atomic E-state index is 0.0351. The van der Waals surface area contributed by atoms with E-state index in [0.29, 0.717) is 29.7 Å². The second-order valence-corrected chi connectivity index (χ2v) is 9.43. The number of halogens is 6. The van der Waals surface area contributed by atoms with Crippen LogP contribution in [0.15, 0.2) is 18.2 Å². The third-order valence-corrected chi connectivity index (χ3v) is 6.68. The zero-order valence-electron chi connectivity index (χ0n) is 18.8. The number of hydrogen-bond donors (Lipinski definition) is 0. The molecule has 0 radical (unpaired) electrons. The topological polar surface area (TPSA) is 18.5 Å². The summed E-state index contributed by atoms with van der Waals surface area (Å²) < 4.78 is 92.1. The van der Waals surface area contributed by atoms with Gasteiger partial charge in [-0.2, -0.15) is 13.2 Å². The molecule has 0 bridgehead atoms. The van der Waals surface area contributed by atoms with Crippen molar-refractivity contribution in [2.75, 3.05) is 13.2 Å². The molecular formula is C26H26F6O2. The van der Waals surface area contributed by atoms with E-state index in [9.17, 15) is 26.3 Å². The number of rotatable bonds is 4. The van der Waals surface area contributed by atoms with E-state index >= 15 is 0 Å². The summed E-state index contributed by atoms with van der Waals surface area (Å²) in [4.78, 5) is 0. The molecule has 1 aliphatic carbocycles. The molecular weight excluding hydrogens is 458 g/mol. The Morgan fingerprint density at radius 3 is 2.26 bits per heavy atom. The number of hydrogen-bond acceptors (Lipinski definition) is 2. The minimum Gasteiger partial charge on any atom is -0.352 e. The van der Waals surface area contributed by atoms with Crippen LogP contribution >= 0.6 is 0 Å². The van der Waals surface area contributed by atoms with Crippen LogP contribution in [0, 0.1) is 47.0 Å². The van der Waals surface area contributed by atoms with E-state index in [0.717, 1.165) is 57.3 Å². The standard InChI is InChI=1S/C26H26F6O2/c1-15-13-33-25(34-14-15)18-6-4-16(5-7-18)2-3-17-10-19-12-21(27)20(8-9-26(30,31)32)24(29)23(19)22(28)11-17/h10-12,15-16,18,25H,2-7,13-14H2,1H3. The van der Waals surface area contributed by atoms with Crippen molar-refractivity contribution in [3.05, 3.63) is 46.8 Å². The van der Waals surface area contributed by atoms with E-state index < -0.39 is 34.6 Å². The van der Waals surface area contributed by atoms with Crippen molar-refractivity contribution < 1.29 is 35.8 Å². The molecule has 4 rings (SSSR count). The van der Waals surface area contributed by atoms with Crippen molar-refractivity contribution in [1.82, 2.24) is 0 Å². The van der Waals surface area contributed by atoms with Gasteiger partial charge in [0.05, 0.1) is 24.2 Å². The highest BCUT2D eigenvalue weighted by atomic mass is 19.4. The van der Waals surface area contributed by atoms with Crippen LogP contribution in [-0.2, 0) is 15.9 Å². The van der Waals surface area contributed by atoms with Gasteiger partial charge in [0, 0.05) is 17.8 Å². The van der Waals surface area contributed by atoms with Crippen LogP contribution < -0.4 is 0 Å². The molecule has 2 aromatic rings. The summed E-state index contributed by atoms with van der Waals surface area (Å²) >= 11 is 0. The largest absolute Gasteiger partial charge is 0.458 e. The van der Waals surface area contributed by atoms with Crippen molar-refractivity contribution >= 4 is 10.8 Å². The predicted octanol–water partition coefficient (Wildman–Crippen LogP) is 6.92. The van der Waals surface area contributed by atoms with Gasteiger partial charge in [0.2, 0.25) is 0 Å². The highest BCUT2D eigenvalue weighted by Gasteiger charge is 2.31. The molecule has 34 heavy (non-hydrogen) atoms. The summed E-state index contributed by atoms with van der Waals surface area (Å²) in [6.07, 6.45) is 0.290. The van der Waals surface area contributed by atoms with E-state index in [1.165, 1.54) is 18.1 Å². The van der Waals surface area contributed by atoms with Crippen molar-refractivity contribution in [3.8, 4) is 11.8 Å². The molecule has 2 nitrogen and oxygen atoms in total. The summed E-state index contributed by atoms with van der Waals surface area (Å²) in [6.45, 7) is 3.53. The Balaban J connectivity index is 1.41. The zero-order chi connectivity index (χ0) is 24.5. The first kappa shape index (κ1) is 24.9. The smallest absolute Gasteiger partial charge is 0.352 e. The van der Waals surface area contributed by atoms with Crippen LogP contribution in [0.3, 0.4) is 0 Å². The molecule has 2 aromatic carbocycles. The highest BCUT2D eigenvalue weighted by molar-refractivity contribution is 5.86. The molecule has 1 saturated carbocycles. The van der Waals surface area contributed by atoms with Crippen molar-refractivity contribution in [2.45, 2.75) is 57.9 Å². The van der Waals surface area contributed by atoms with Gasteiger partial charge in [0.25, 0.3) is 0 Å². The fraction of sp³-hybridized carbons (Fsp3) is 0.538. The van der Waals surface area contributed by atoms with Crippen LogP contribution in [-0.4, -0.2) is 25.7 Å². The number of alkyl halides is 3. The number of aryl methyl sites for hydroxylation is 1. The summed E-state index contributed by atoms with van der Waals surface area (Å²) in [7, 11) is 0. The summed E-state index contributed by atoms with van der Waals surface area (Å²) in [6, 6.07) is 3.49. The second kappa shape index (κ2) is 10.2. The lowest BCUT2D eigenvalue weighted by molar-refractivity contribution is -0.226. The van der Waals surface area contributed by atoms with Gasteiger partial charge in [-0.05, 0) is 67.5 Å². The fourth-order valence-electron chi connectivity index (χ4n) is 4.87. The first-order chi connectivity index (χ1) is 16.1. The van der Waals surface area contributed by atoms with Crippen LogP contribution in [0.2, 0.25) is 0 Å². The molecule has 1 aliphatic heterocycles. The quantitative estimate of drug-likeness (QED) is 0.347. The van der Waals surface area contributed by atoms with Crippen molar-refractivity contribution in [1.29, 1.82) is 0 Å². The van der Waals surface area contributed by atoms with Crippen LogP contribution in [0.25, 0.3) is 10.8 Å². The second-order valence-electron chi connectivity index (χ2n) is 9.43. The SMILES string of the molecule is CC1COC(C2CCC(CCc3cc(F)c4c(F)c(C#CC(F)(F)F)c(F)cc4c3)CC2)OC1. The van der Waals surface area contributed by atoms with Crippen molar-refractivity contribution in [3.63, 3.8) is 0 Å². The average molecular weight is 484 g/mol. The Hall–Kier alpha value is -2.24. The van der Waals surface area contributed by atoms with E-state index in [-0.39, 0.29) is 11.7 Å². The molecule has 0 atom stereocenters. The fourth-order valence-corrected chi connectivity index (χ4v) is 4.87. The lowest BCUT2D eigenvalue weighted by Crippen LogP contribution is -2.37. The Bertz CT molecular complexity index is 1080. The minimum atomic E-state index is -4.91. The first-order valence-electron chi connectivity index (χ1n) is 11.5. The number of benzene rings is 2. The lowest BCUT2D eigenvalue weighted by Gasteiger charge is -2.37. The Morgan fingerprint density at radius 2 is 1.62 bits per heavy atom.